The summed E-state index contributed by atoms with van der Waals surface area (Å²) in [6.45, 7) is 3.69. The topological polar surface area (TPSA) is 48.3 Å². The van der Waals surface area contributed by atoms with Gasteiger partial charge in [-0.1, -0.05) is 12.1 Å². The lowest BCUT2D eigenvalue weighted by atomic mass is 10.1. The number of aromatic nitrogens is 2. The summed E-state index contributed by atoms with van der Waals surface area (Å²) in [7, 11) is 3.31. The fourth-order valence-corrected chi connectivity index (χ4v) is 2.13. The Kier molecular flexibility index (Phi) is 5.01. The Balaban J connectivity index is 1.96. The van der Waals surface area contributed by atoms with Gasteiger partial charge < -0.3 is 14.8 Å². The van der Waals surface area contributed by atoms with Crippen molar-refractivity contribution >= 4 is 0 Å². The summed E-state index contributed by atoms with van der Waals surface area (Å²) in [6, 6.07) is 8.14. The average molecular weight is 275 g/mol. The third-order valence-corrected chi connectivity index (χ3v) is 3.15. The second-order valence-electron chi connectivity index (χ2n) is 4.66. The number of rotatable bonds is 7. The van der Waals surface area contributed by atoms with Crippen LogP contribution in [0.5, 0.6) is 11.5 Å². The van der Waals surface area contributed by atoms with Crippen molar-refractivity contribution in [2.45, 2.75) is 26.1 Å². The van der Waals surface area contributed by atoms with Crippen molar-refractivity contribution in [1.82, 2.24) is 15.1 Å². The minimum Gasteiger partial charge on any atom is -0.493 e. The van der Waals surface area contributed by atoms with Crippen LogP contribution in [0.2, 0.25) is 0 Å². The monoisotopic (exact) mass is 275 g/mol. The zero-order chi connectivity index (χ0) is 14.4. The first-order valence-corrected chi connectivity index (χ1v) is 6.65. The molecule has 0 saturated heterocycles. The molecular weight excluding hydrogens is 254 g/mol. The van der Waals surface area contributed by atoms with Gasteiger partial charge in [-0.25, -0.2) is 0 Å². The molecule has 5 heteroatoms. The lowest BCUT2D eigenvalue weighted by Gasteiger charge is -2.16. The van der Waals surface area contributed by atoms with Gasteiger partial charge in [-0.15, -0.1) is 0 Å². The summed E-state index contributed by atoms with van der Waals surface area (Å²) in [6.07, 6.45) is 3.75. The van der Waals surface area contributed by atoms with Crippen molar-refractivity contribution in [2.75, 3.05) is 14.2 Å². The zero-order valence-corrected chi connectivity index (χ0v) is 12.2. The highest BCUT2D eigenvalue weighted by molar-refractivity contribution is 5.46. The van der Waals surface area contributed by atoms with Crippen LogP contribution in [0.15, 0.2) is 36.7 Å². The van der Waals surface area contributed by atoms with E-state index in [4.69, 9.17) is 9.47 Å². The van der Waals surface area contributed by atoms with Gasteiger partial charge in [0.1, 0.15) is 0 Å². The maximum Gasteiger partial charge on any atom is 0.165 e. The normalized spacial score (nSPS) is 12.2. The van der Waals surface area contributed by atoms with Gasteiger partial charge in [0.05, 0.1) is 20.8 Å². The summed E-state index contributed by atoms with van der Waals surface area (Å²) >= 11 is 0. The molecule has 108 valence electrons. The third kappa shape index (κ3) is 3.51. The molecule has 1 aromatic heterocycles. The molecule has 0 bridgehead atoms. The average Bonchev–Trinajstić information content (AvgIpc) is 2.97. The number of ether oxygens (including phenoxy) is 2. The Bertz CT molecular complexity index is 526. The number of benzene rings is 1. The molecule has 0 radical (unpaired) electrons. The third-order valence-electron chi connectivity index (χ3n) is 3.15. The number of methoxy groups -OCH3 is 2. The fraction of sp³-hybridized carbons (Fsp3) is 0.400. The molecular formula is C15H21N3O2. The van der Waals surface area contributed by atoms with Crippen LogP contribution in [-0.4, -0.2) is 30.0 Å². The van der Waals surface area contributed by atoms with Crippen LogP contribution >= 0.6 is 0 Å². The number of nitrogens with zero attached hydrogens (tertiary/aromatic N) is 2. The highest BCUT2D eigenvalue weighted by Gasteiger charge is 2.10. The van der Waals surface area contributed by atoms with Crippen LogP contribution < -0.4 is 14.8 Å². The molecule has 0 spiro atoms. The Morgan fingerprint density at radius 3 is 2.75 bits per heavy atom. The smallest absolute Gasteiger partial charge is 0.165 e. The highest BCUT2D eigenvalue weighted by Crippen LogP contribution is 2.30. The van der Waals surface area contributed by atoms with E-state index in [2.05, 4.69) is 17.3 Å². The standard InChI is InChI=1S/C15H21N3O2/c1-12(11-18-9-5-8-17-18)16-10-13-6-4-7-14(19-2)15(13)20-3/h4-9,12,16H,10-11H2,1-3H3/t12-/m0/s1. The molecule has 1 atom stereocenters. The van der Waals surface area contributed by atoms with Gasteiger partial charge in [-0.05, 0) is 19.1 Å². The summed E-state index contributed by atoms with van der Waals surface area (Å²) in [5, 5.41) is 7.67. The molecule has 2 rings (SSSR count). The molecule has 0 amide bonds. The van der Waals surface area contributed by atoms with E-state index >= 15 is 0 Å². The van der Waals surface area contributed by atoms with Gasteiger partial charge in [-0.2, -0.15) is 5.10 Å². The first-order chi connectivity index (χ1) is 9.74. The number of hydrogen-bond acceptors (Lipinski definition) is 4. The first kappa shape index (κ1) is 14.4. The van der Waals surface area contributed by atoms with E-state index in [1.54, 1.807) is 20.4 Å². The lowest BCUT2D eigenvalue weighted by molar-refractivity contribution is 0.349. The number of hydrogen-bond donors (Lipinski definition) is 1. The van der Waals surface area contributed by atoms with Crippen LogP contribution in [0.4, 0.5) is 0 Å². The van der Waals surface area contributed by atoms with Crippen molar-refractivity contribution in [3.8, 4) is 11.5 Å². The van der Waals surface area contributed by atoms with Gasteiger partial charge in [0.15, 0.2) is 11.5 Å². The lowest BCUT2D eigenvalue weighted by Crippen LogP contribution is -2.30. The molecule has 1 aromatic carbocycles. The van der Waals surface area contributed by atoms with Crippen molar-refractivity contribution in [3.63, 3.8) is 0 Å². The van der Waals surface area contributed by atoms with Crippen LogP contribution in [0.25, 0.3) is 0 Å². The Morgan fingerprint density at radius 1 is 1.25 bits per heavy atom. The summed E-state index contributed by atoms with van der Waals surface area (Å²) < 4.78 is 12.6. The van der Waals surface area contributed by atoms with E-state index in [0.717, 1.165) is 30.2 Å². The van der Waals surface area contributed by atoms with E-state index in [1.807, 2.05) is 35.1 Å². The second kappa shape index (κ2) is 6.96. The largest absolute Gasteiger partial charge is 0.493 e. The predicted molar refractivity (Wildman–Crippen MR) is 78.1 cm³/mol. The molecule has 0 aliphatic heterocycles. The molecule has 0 saturated carbocycles. The molecule has 0 aliphatic carbocycles. The van der Waals surface area contributed by atoms with Gasteiger partial charge in [0.25, 0.3) is 0 Å². The Morgan fingerprint density at radius 2 is 2.10 bits per heavy atom. The van der Waals surface area contributed by atoms with E-state index in [-0.39, 0.29) is 0 Å². The molecule has 0 aliphatic rings. The van der Waals surface area contributed by atoms with Gasteiger partial charge in [0.2, 0.25) is 0 Å². The number of para-hydroxylation sites is 1. The molecule has 2 aromatic rings. The maximum atomic E-state index is 5.42. The van der Waals surface area contributed by atoms with Gasteiger partial charge in [-0.3, -0.25) is 4.68 Å². The van der Waals surface area contributed by atoms with Crippen LogP contribution in [0.1, 0.15) is 12.5 Å². The molecule has 0 fully saturated rings. The van der Waals surface area contributed by atoms with Crippen molar-refractivity contribution in [1.29, 1.82) is 0 Å². The van der Waals surface area contributed by atoms with Crippen molar-refractivity contribution in [3.05, 3.63) is 42.2 Å². The van der Waals surface area contributed by atoms with E-state index < -0.39 is 0 Å². The van der Waals surface area contributed by atoms with Crippen molar-refractivity contribution < 1.29 is 9.47 Å². The van der Waals surface area contributed by atoms with Gasteiger partial charge in [0, 0.05) is 30.5 Å². The highest BCUT2D eigenvalue weighted by atomic mass is 16.5. The molecule has 0 unspecified atom stereocenters. The SMILES string of the molecule is COc1cccc(CN[C@@H](C)Cn2cccn2)c1OC. The van der Waals surface area contributed by atoms with Crippen LogP contribution in [0.3, 0.4) is 0 Å². The summed E-state index contributed by atoms with van der Waals surface area (Å²) in [5.74, 6) is 1.54. The van der Waals surface area contributed by atoms with Crippen LogP contribution in [-0.2, 0) is 13.1 Å². The second-order valence-corrected chi connectivity index (χ2v) is 4.66. The van der Waals surface area contributed by atoms with E-state index in [1.165, 1.54) is 0 Å². The summed E-state index contributed by atoms with van der Waals surface area (Å²) in [5.41, 5.74) is 1.08. The molecule has 20 heavy (non-hydrogen) atoms. The predicted octanol–water partition coefficient (Wildman–Crippen LogP) is 2.08. The minimum absolute atomic E-state index is 0.311. The molecule has 5 nitrogen and oxygen atoms in total. The fourth-order valence-electron chi connectivity index (χ4n) is 2.13. The minimum atomic E-state index is 0.311. The van der Waals surface area contributed by atoms with Gasteiger partial charge >= 0.3 is 0 Å². The zero-order valence-electron chi connectivity index (χ0n) is 12.2. The quantitative estimate of drug-likeness (QED) is 0.840. The first-order valence-electron chi connectivity index (χ1n) is 6.65. The molecule has 1 heterocycles. The van der Waals surface area contributed by atoms with Crippen molar-refractivity contribution in [2.24, 2.45) is 0 Å². The van der Waals surface area contributed by atoms with E-state index in [9.17, 15) is 0 Å². The maximum absolute atomic E-state index is 5.42. The van der Waals surface area contributed by atoms with Crippen LogP contribution in [0, 0.1) is 0 Å². The Labute approximate surface area is 119 Å². The molecule has 1 N–H and O–H groups in total. The summed E-state index contributed by atoms with van der Waals surface area (Å²) in [4.78, 5) is 0. The number of nitrogens with one attached hydrogen (secondary N) is 1. The Hall–Kier alpha value is -2.01. The van der Waals surface area contributed by atoms with E-state index in [0.29, 0.717) is 6.04 Å².